The predicted octanol–water partition coefficient (Wildman–Crippen LogP) is 3.59. The maximum Gasteiger partial charge on any atom is 0.259 e. The normalized spacial score (nSPS) is 16.1. The van der Waals surface area contributed by atoms with Crippen LogP contribution in [0.5, 0.6) is 0 Å². The number of hydrogen-bond acceptors (Lipinski definition) is 8. The Balaban J connectivity index is 1.29. The van der Waals surface area contributed by atoms with Crippen LogP contribution in [0.3, 0.4) is 0 Å². The molecule has 1 saturated heterocycles. The van der Waals surface area contributed by atoms with Crippen LogP contribution in [-0.2, 0) is 23.5 Å². The Morgan fingerprint density at radius 1 is 1.25 bits per heavy atom. The number of aryl methyl sites for hydroxylation is 3. The first-order valence-corrected chi connectivity index (χ1v) is 13.6. The molecule has 1 N–H and O–H groups in total. The Morgan fingerprint density at radius 3 is 2.69 bits per heavy atom. The zero-order valence-corrected chi connectivity index (χ0v) is 21.4. The lowest BCUT2D eigenvalue weighted by Gasteiger charge is -2.35. The molecule has 1 fully saturated rings. The smallest absolute Gasteiger partial charge is 0.259 e. The average molecular weight is 492 g/mol. The van der Waals surface area contributed by atoms with Gasteiger partial charge in [-0.05, 0) is 32.8 Å². The number of nitrogens with zero attached hydrogens (tertiary/aromatic N) is 4. The number of aromatic amines is 1. The van der Waals surface area contributed by atoms with Gasteiger partial charge in [0.2, 0.25) is 5.91 Å². The van der Waals surface area contributed by atoms with Crippen LogP contribution >= 0.6 is 34.4 Å². The van der Waals surface area contributed by atoms with E-state index in [1.807, 2.05) is 25.7 Å². The Kier molecular flexibility index (Phi) is 7.34. The molecule has 4 heterocycles. The maximum absolute atomic E-state index is 12.9. The van der Waals surface area contributed by atoms with E-state index in [1.54, 1.807) is 22.7 Å². The molecule has 1 unspecified atom stereocenters. The molecule has 3 aromatic heterocycles. The molecule has 4 rings (SSSR count). The van der Waals surface area contributed by atoms with Gasteiger partial charge in [-0.2, -0.15) is 0 Å². The number of rotatable bonds is 7. The predicted molar refractivity (Wildman–Crippen MR) is 134 cm³/mol. The molecular formula is C22H29N5O2S3. The summed E-state index contributed by atoms with van der Waals surface area (Å²) in [5, 5.41) is 3.83. The number of H-pyrrole nitrogens is 1. The number of thiophene rings is 1. The number of thioether (sulfide) groups is 1. The number of carbonyl (C=O) groups is 1. The van der Waals surface area contributed by atoms with E-state index in [0.717, 1.165) is 60.1 Å². The van der Waals surface area contributed by atoms with Gasteiger partial charge in [0.25, 0.3) is 5.56 Å². The van der Waals surface area contributed by atoms with Gasteiger partial charge < -0.3 is 9.88 Å². The molecule has 0 bridgehead atoms. The first-order valence-electron chi connectivity index (χ1n) is 10.9. The fourth-order valence-corrected chi connectivity index (χ4v) is 6.46. The standard InChI is InChI=1S/C22H29N5O2S3/c1-5-18-23-16(11-31-18)10-26-6-8-27(9-7-26)22(29)15(4)30-12-17-24-20(28)19-13(2)14(3)32-21(19)25-17/h11,15H,5-10,12H2,1-4H3,(H,24,25,28). The van der Waals surface area contributed by atoms with E-state index in [-0.39, 0.29) is 16.7 Å². The van der Waals surface area contributed by atoms with Crippen LogP contribution in [-0.4, -0.2) is 62.1 Å². The van der Waals surface area contributed by atoms with Crippen LogP contribution in [0.25, 0.3) is 10.2 Å². The lowest BCUT2D eigenvalue weighted by molar-refractivity contribution is -0.132. The summed E-state index contributed by atoms with van der Waals surface area (Å²) in [5.41, 5.74) is 2.04. The molecule has 1 aliphatic rings. The fourth-order valence-electron chi connectivity index (χ4n) is 3.84. The lowest BCUT2D eigenvalue weighted by atomic mass is 10.2. The minimum Gasteiger partial charge on any atom is -0.339 e. The van der Waals surface area contributed by atoms with Crippen molar-refractivity contribution >= 4 is 50.6 Å². The maximum atomic E-state index is 12.9. The Bertz CT molecular complexity index is 1160. The highest BCUT2D eigenvalue weighted by Gasteiger charge is 2.26. The zero-order valence-electron chi connectivity index (χ0n) is 18.9. The molecule has 1 atom stereocenters. The van der Waals surface area contributed by atoms with Gasteiger partial charge in [0.05, 0.1) is 27.1 Å². The SMILES string of the molecule is CCc1nc(CN2CCN(C(=O)C(C)SCc3nc4sc(C)c(C)c4c(=O)[nH]3)CC2)cs1. The van der Waals surface area contributed by atoms with Crippen molar-refractivity contribution in [2.75, 3.05) is 26.2 Å². The molecule has 172 valence electrons. The summed E-state index contributed by atoms with van der Waals surface area (Å²) in [4.78, 5) is 43.8. The third-order valence-corrected chi connectivity index (χ3v) is 9.16. The molecule has 0 aromatic carbocycles. The van der Waals surface area contributed by atoms with Crippen LogP contribution in [0, 0.1) is 13.8 Å². The number of piperazine rings is 1. The number of fused-ring (bicyclic) bond motifs is 1. The lowest BCUT2D eigenvalue weighted by Crippen LogP contribution is -2.50. The first kappa shape index (κ1) is 23.4. The van der Waals surface area contributed by atoms with E-state index in [0.29, 0.717) is 17.0 Å². The van der Waals surface area contributed by atoms with Gasteiger partial charge >= 0.3 is 0 Å². The highest BCUT2D eigenvalue weighted by Crippen LogP contribution is 2.27. The van der Waals surface area contributed by atoms with Gasteiger partial charge in [-0.15, -0.1) is 34.4 Å². The molecule has 3 aromatic rings. The molecule has 0 saturated carbocycles. The van der Waals surface area contributed by atoms with Gasteiger partial charge in [0, 0.05) is 43.0 Å². The molecule has 0 spiro atoms. The van der Waals surface area contributed by atoms with Crippen molar-refractivity contribution in [3.8, 4) is 0 Å². The van der Waals surface area contributed by atoms with E-state index in [9.17, 15) is 9.59 Å². The number of nitrogens with one attached hydrogen (secondary N) is 1. The topological polar surface area (TPSA) is 82.2 Å². The van der Waals surface area contributed by atoms with Crippen molar-refractivity contribution in [3.05, 3.63) is 42.7 Å². The van der Waals surface area contributed by atoms with E-state index in [2.05, 4.69) is 32.2 Å². The number of amides is 1. The molecule has 10 heteroatoms. The van der Waals surface area contributed by atoms with Crippen LogP contribution < -0.4 is 5.56 Å². The molecule has 7 nitrogen and oxygen atoms in total. The van der Waals surface area contributed by atoms with Crippen molar-refractivity contribution < 1.29 is 4.79 Å². The second kappa shape index (κ2) is 10.0. The number of hydrogen-bond donors (Lipinski definition) is 1. The fraction of sp³-hybridized carbons (Fsp3) is 0.545. The molecular weight excluding hydrogens is 462 g/mol. The highest BCUT2D eigenvalue weighted by molar-refractivity contribution is 7.99. The van der Waals surface area contributed by atoms with Crippen LogP contribution in [0.2, 0.25) is 0 Å². The minimum absolute atomic E-state index is 0.0891. The summed E-state index contributed by atoms with van der Waals surface area (Å²) in [6, 6.07) is 0. The third-order valence-electron chi connectivity index (χ3n) is 5.88. The van der Waals surface area contributed by atoms with Crippen LogP contribution in [0.1, 0.15) is 40.8 Å². The summed E-state index contributed by atoms with van der Waals surface area (Å²) >= 11 is 4.80. The molecule has 0 aliphatic carbocycles. The van der Waals surface area contributed by atoms with E-state index in [1.165, 1.54) is 16.8 Å². The van der Waals surface area contributed by atoms with Crippen molar-refractivity contribution in [2.45, 2.75) is 51.7 Å². The summed E-state index contributed by atoms with van der Waals surface area (Å²) < 4.78 is 0. The summed E-state index contributed by atoms with van der Waals surface area (Å²) in [6.45, 7) is 12.1. The van der Waals surface area contributed by atoms with E-state index < -0.39 is 0 Å². The summed E-state index contributed by atoms with van der Waals surface area (Å²) in [7, 11) is 0. The molecule has 1 amide bonds. The Hall–Kier alpha value is -1.75. The molecule has 0 radical (unpaired) electrons. The van der Waals surface area contributed by atoms with Gasteiger partial charge in [-0.25, -0.2) is 9.97 Å². The van der Waals surface area contributed by atoms with Crippen LogP contribution in [0.4, 0.5) is 0 Å². The quantitative estimate of drug-likeness (QED) is 0.544. The van der Waals surface area contributed by atoms with Crippen LogP contribution in [0.15, 0.2) is 10.2 Å². The number of carbonyl (C=O) groups excluding carboxylic acids is 1. The van der Waals surface area contributed by atoms with Gasteiger partial charge in [-0.3, -0.25) is 14.5 Å². The van der Waals surface area contributed by atoms with Crippen molar-refractivity contribution in [3.63, 3.8) is 0 Å². The monoisotopic (exact) mass is 491 g/mol. The average Bonchev–Trinajstić information content (AvgIpc) is 3.35. The van der Waals surface area contributed by atoms with E-state index >= 15 is 0 Å². The molecule has 32 heavy (non-hydrogen) atoms. The summed E-state index contributed by atoms with van der Waals surface area (Å²) in [5.74, 6) is 1.30. The first-order chi connectivity index (χ1) is 15.4. The minimum atomic E-state index is -0.181. The van der Waals surface area contributed by atoms with Gasteiger partial charge in [-0.1, -0.05) is 6.92 Å². The second-order valence-corrected chi connectivity index (χ2v) is 11.6. The second-order valence-electron chi connectivity index (χ2n) is 8.12. The van der Waals surface area contributed by atoms with Crippen molar-refractivity contribution in [1.82, 2.24) is 24.8 Å². The zero-order chi connectivity index (χ0) is 22.8. The van der Waals surface area contributed by atoms with Crippen molar-refractivity contribution in [1.29, 1.82) is 0 Å². The van der Waals surface area contributed by atoms with Gasteiger partial charge in [0.1, 0.15) is 10.7 Å². The number of aromatic nitrogens is 3. The highest BCUT2D eigenvalue weighted by atomic mass is 32.2. The summed E-state index contributed by atoms with van der Waals surface area (Å²) in [6.07, 6.45) is 0.979. The Morgan fingerprint density at radius 2 is 2.00 bits per heavy atom. The largest absolute Gasteiger partial charge is 0.339 e. The van der Waals surface area contributed by atoms with Crippen molar-refractivity contribution in [2.24, 2.45) is 0 Å². The molecule has 1 aliphatic heterocycles. The number of thiazole rings is 1. The van der Waals surface area contributed by atoms with Gasteiger partial charge in [0.15, 0.2) is 0 Å². The third kappa shape index (κ3) is 5.08. The Labute approximate surface area is 200 Å². The van der Waals surface area contributed by atoms with E-state index in [4.69, 9.17) is 0 Å².